The van der Waals surface area contributed by atoms with E-state index in [4.69, 9.17) is 0 Å². The standard InChI is InChI=1S/C12H16N2O5S/c15-11-5-3-7-13(8-11)20(18,19)9-10-4-1-2-6-12(10)14(16)17/h1-2,4,6,11,15H,3,5,7-9H2/t11-/m0/s1. The monoisotopic (exact) mass is 300 g/mol. The molecule has 1 aliphatic rings. The minimum atomic E-state index is -3.66. The van der Waals surface area contributed by atoms with Crippen molar-refractivity contribution in [2.75, 3.05) is 13.1 Å². The lowest BCUT2D eigenvalue weighted by Gasteiger charge is -2.29. The topological polar surface area (TPSA) is 101 Å². The lowest BCUT2D eigenvalue weighted by molar-refractivity contribution is -0.385. The molecule has 1 saturated heterocycles. The molecule has 0 aliphatic carbocycles. The summed E-state index contributed by atoms with van der Waals surface area (Å²) in [4.78, 5) is 10.3. The molecule has 1 aliphatic heterocycles. The Balaban J connectivity index is 2.22. The summed E-state index contributed by atoms with van der Waals surface area (Å²) in [7, 11) is -3.66. The van der Waals surface area contributed by atoms with Gasteiger partial charge >= 0.3 is 0 Å². The Morgan fingerprint density at radius 3 is 2.75 bits per heavy atom. The van der Waals surface area contributed by atoms with Crippen molar-refractivity contribution >= 4 is 15.7 Å². The van der Waals surface area contributed by atoms with Gasteiger partial charge in [-0.25, -0.2) is 8.42 Å². The van der Waals surface area contributed by atoms with Crippen LogP contribution >= 0.6 is 0 Å². The molecule has 0 radical (unpaired) electrons. The van der Waals surface area contributed by atoms with Crippen molar-refractivity contribution in [3.63, 3.8) is 0 Å². The number of para-hydroxylation sites is 1. The predicted molar refractivity (Wildman–Crippen MR) is 72.5 cm³/mol. The van der Waals surface area contributed by atoms with Crippen LogP contribution in [0.1, 0.15) is 18.4 Å². The highest BCUT2D eigenvalue weighted by molar-refractivity contribution is 7.88. The molecule has 8 heteroatoms. The van der Waals surface area contributed by atoms with E-state index in [1.165, 1.54) is 22.5 Å². The third kappa shape index (κ3) is 3.33. The second-order valence-electron chi connectivity index (χ2n) is 4.80. The molecule has 2 rings (SSSR count). The molecule has 0 saturated carbocycles. The van der Waals surface area contributed by atoms with Gasteiger partial charge < -0.3 is 5.11 Å². The van der Waals surface area contributed by atoms with Crippen molar-refractivity contribution in [1.29, 1.82) is 0 Å². The van der Waals surface area contributed by atoms with Gasteiger partial charge in [0, 0.05) is 24.7 Å². The largest absolute Gasteiger partial charge is 0.392 e. The van der Waals surface area contributed by atoms with Gasteiger partial charge in [0.2, 0.25) is 10.0 Å². The first kappa shape index (κ1) is 14.9. The number of nitro benzene ring substituents is 1. The number of nitro groups is 1. The van der Waals surface area contributed by atoms with Crippen LogP contribution in [0, 0.1) is 10.1 Å². The number of benzene rings is 1. The highest BCUT2D eigenvalue weighted by atomic mass is 32.2. The van der Waals surface area contributed by atoms with E-state index < -0.39 is 26.8 Å². The third-order valence-corrected chi connectivity index (χ3v) is 5.07. The number of rotatable bonds is 4. The summed E-state index contributed by atoms with van der Waals surface area (Å²) < 4.78 is 25.7. The van der Waals surface area contributed by atoms with Crippen LogP contribution in [0.4, 0.5) is 5.69 Å². The summed E-state index contributed by atoms with van der Waals surface area (Å²) in [6.07, 6.45) is 0.513. The predicted octanol–water partition coefficient (Wildman–Crippen LogP) is 0.881. The summed E-state index contributed by atoms with van der Waals surface area (Å²) in [6.45, 7) is 0.406. The summed E-state index contributed by atoms with van der Waals surface area (Å²) in [5.41, 5.74) is -0.0359. The van der Waals surface area contributed by atoms with E-state index in [0.29, 0.717) is 19.4 Å². The Morgan fingerprint density at radius 1 is 1.40 bits per heavy atom. The van der Waals surface area contributed by atoms with Gasteiger partial charge in [-0.15, -0.1) is 0 Å². The average molecular weight is 300 g/mol. The van der Waals surface area contributed by atoms with Gasteiger partial charge in [0.25, 0.3) is 5.69 Å². The third-order valence-electron chi connectivity index (χ3n) is 3.28. The number of nitrogens with zero attached hydrogens (tertiary/aromatic N) is 2. The summed E-state index contributed by atoms with van der Waals surface area (Å²) in [5.74, 6) is -0.420. The maximum atomic E-state index is 12.3. The zero-order chi connectivity index (χ0) is 14.8. The summed E-state index contributed by atoms with van der Waals surface area (Å²) >= 11 is 0. The van der Waals surface area contributed by atoms with Crippen molar-refractivity contribution in [1.82, 2.24) is 4.31 Å². The molecule has 0 unspecified atom stereocenters. The second-order valence-corrected chi connectivity index (χ2v) is 6.77. The fourth-order valence-electron chi connectivity index (χ4n) is 2.27. The molecule has 110 valence electrons. The highest BCUT2D eigenvalue weighted by Crippen LogP contribution is 2.23. The number of hydrogen-bond donors (Lipinski definition) is 1. The molecule has 0 amide bonds. The van der Waals surface area contributed by atoms with Gasteiger partial charge in [-0.3, -0.25) is 10.1 Å². The second kappa shape index (κ2) is 5.86. The minimum absolute atomic E-state index is 0.0585. The Labute approximate surface area is 117 Å². The van der Waals surface area contributed by atoms with Crippen molar-refractivity contribution < 1.29 is 18.4 Å². The number of aliphatic hydroxyl groups is 1. The summed E-state index contributed by atoms with van der Waals surface area (Å²) in [6, 6.07) is 5.80. The summed E-state index contributed by atoms with van der Waals surface area (Å²) in [5, 5.41) is 20.4. The number of aliphatic hydroxyl groups excluding tert-OH is 1. The van der Waals surface area contributed by atoms with E-state index in [2.05, 4.69) is 0 Å². The molecule has 1 fully saturated rings. The molecule has 0 bridgehead atoms. The fourth-order valence-corrected chi connectivity index (χ4v) is 3.90. The van der Waals surface area contributed by atoms with Crippen molar-refractivity contribution in [2.45, 2.75) is 24.7 Å². The smallest absolute Gasteiger partial charge is 0.273 e. The lowest BCUT2D eigenvalue weighted by atomic mass is 10.1. The molecule has 20 heavy (non-hydrogen) atoms. The van der Waals surface area contributed by atoms with Crippen LogP contribution in [0.5, 0.6) is 0 Å². The van der Waals surface area contributed by atoms with E-state index in [1.54, 1.807) is 6.07 Å². The van der Waals surface area contributed by atoms with Crippen molar-refractivity contribution in [3.8, 4) is 0 Å². The van der Waals surface area contributed by atoms with Crippen LogP contribution in [0.15, 0.2) is 24.3 Å². The van der Waals surface area contributed by atoms with Crippen LogP contribution in [-0.2, 0) is 15.8 Å². The number of sulfonamides is 1. The Morgan fingerprint density at radius 2 is 2.10 bits per heavy atom. The van der Waals surface area contributed by atoms with Crippen LogP contribution in [0.25, 0.3) is 0 Å². The maximum Gasteiger partial charge on any atom is 0.273 e. The Hall–Kier alpha value is -1.51. The SMILES string of the molecule is O=[N+]([O-])c1ccccc1CS(=O)(=O)N1CCC[C@H](O)C1. The molecule has 1 heterocycles. The molecule has 1 N–H and O–H groups in total. The highest BCUT2D eigenvalue weighted by Gasteiger charge is 2.29. The van der Waals surface area contributed by atoms with E-state index in [0.717, 1.165) is 0 Å². The van der Waals surface area contributed by atoms with Crippen LogP contribution in [0.2, 0.25) is 0 Å². The van der Waals surface area contributed by atoms with Gasteiger partial charge in [0.1, 0.15) is 0 Å². The molecule has 1 atom stereocenters. The molecular formula is C12H16N2O5S. The molecule has 0 aromatic heterocycles. The van der Waals surface area contributed by atoms with Crippen molar-refractivity contribution in [2.24, 2.45) is 0 Å². The molecule has 0 spiro atoms. The first-order chi connectivity index (χ1) is 9.40. The minimum Gasteiger partial charge on any atom is -0.392 e. The average Bonchev–Trinajstić information content (AvgIpc) is 2.38. The number of hydrogen-bond acceptors (Lipinski definition) is 5. The zero-order valence-corrected chi connectivity index (χ0v) is 11.6. The quantitative estimate of drug-likeness (QED) is 0.657. The first-order valence-corrected chi connectivity index (χ1v) is 7.89. The van der Waals surface area contributed by atoms with Gasteiger partial charge in [0.05, 0.1) is 16.8 Å². The fraction of sp³-hybridized carbons (Fsp3) is 0.500. The number of β-amino-alcohol motifs (C(OH)–C–C–N with tert-alkyl or cyclic N) is 1. The van der Waals surface area contributed by atoms with E-state index in [9.17, 15) is 23.6 Å². The lowest BCUT2D eigenvalue weighted by Crippen LogP contribution is -2.42. The maximum absolute atomic E-state index is 12.3. The zero-order valence-electron chi connectivity index (χ0n) is 10.8. The molecule has 1 aromatic carbocycles. The van der Waals surface area contributed by atoms with Gasteiger partial charge in [-0.2, -0.15) is 4.31 Å². The van der Waals surface area contributed by atoms with Gasteiger partial charge in [-0.1, -0.05) is 18.2 Å². The van der Waals surface area contributed by atoms with E-state index in [-0.39, 0.29) is 17.8 Å². The molecule has 7 nitrogen and oxygen atoms in total. The van der Waals surface area contributed by atoms with E-state index >= 15 is 0 Å². The number of piperidine rings is 1. The van der Waals surface area contributed by atoms with Crippen LogP contribution < -0.4 is 0 Å². The Bertz CT molecular complexity index is 602. The van der Waals surface area contributed by atoms with E-state index in [1.807, 2.05) is 0 Å². The van der Waals surface area contributed by atoms with Crippen LogP contribution in [0.3, 0.4) is 0 Å². The van der Waals surface area contributed by atoms with Crippen LogP contribution in [-0.4, -0.2) is 41.9 Å². The first-order valence-electron chi connectivity index (χ1n) is 6.28. The van der Waals surface area contributed by atoms with Gasteiger partial charge in [0.15, 0.2) is 0 Å². The van der Waals surface area contributed by atoms with Gasteiger partial charge in [-0.05, 0) is 12.8 Å². The normalized spacial score (nSPS) is 20.8. The molecule has 1 aromatic rings. The van der Waals surface area contributed by atoms with Crippen molar-refractivity contribution in [3.05, 3.63) is 39.9 Å². The Kier molecular flexibility index (Phi) is 4.36. The molecular weight excluding hydrogens is 284 g/mol.